The molecule has 0 aliphatic carbocycles. The van der Waals surface area contributed by atoms with E-state index in [1.807, 2.05) is 27.7 Å². The summed E-state index contributed by atoms with van der Waals surface area (Å²) in [6.07, 6.45) is -1.11. The molecule has 0 radical (unpaired) electrons. The minimum atomic E-state index is -1.72. The molecule has 1 aliphatic heterocycles. The van der Waals surface area contributed by atoms with Gasteiger partial charge in [0.05, 0.1) is 19.3 Å². The molecule has 8 N–H and O–H groups in total. The number of rotatable bonds is 32. The topological polar surface area (TPSA) is 300 Å². The van der Waals surface area contributed by atoms with E-state index in [0.717, 1.165) is 0 Å². The summed E-state index contributed by atoms with van der Waals surface area (Å²) in [6.45, 7) is 21.9. The van der Waals surface area contributed by atoms with Crippen LogP contribution in [0.3, 0.4) is 0 Å². The van der Waals surface area contributed by atoms with Crippen LogP contribution in [0.5, 0.6) is 5.75 Å². The summed E-state index contributed by atoms with van der Waals surface area (Å²) in [5, 5.41) is 23.2. The van der Waals surface area contributed by atoms with E-state index in [1.54, 1.807) is 72.7 Å². The average Bonchev–Trinajstić information content (AvgIpc) is 3.88. The maximum atomic E-state index is 14.9. The van der Waals surface area contributed by atoms with E-state index in [2.05, 4.69) is 26.6 Å². The highest BCUT2D eigenvalue weighted by Gasteiger charge is 2.40. The van der Waals surface area contributed by atoms with Crippen LogP contribution in [0.25, 0.3) is 0 Å². The van der Waals surface area contributed by atoms with Crippen molar-refractivity contribution in [1.29, 1.82) is 0 Å². The third-order valence-corrected chi connectivity index (χ3v) is 13.3. The number of carbonyl (C=O) groups is 9. The zero-order valence-electron chi connectivity index (χ0n) is 46.9. The minimum Gasteiger partial charge on any atom is -0.488 e. The van der Waals surface area contributed by atoms with Crippen LogP contribution in [0.1, 0.15) is 147 Å². The molecule has 0 bridgehead atoms. The fraction of sp³-hybridized carbons (Fsp3) is 0.727. The van der Waals surface area contributed by atoms with Gasteiger partial charge >= 0.3 is 11.9 Å². The van der Waals surface area contributed by atoms with Crippen LogP contribution in [0.4, 0.5) is 0 Å². The molecule has 1 heterocycles. The molecule has 1 aliphatic rings. The van der Waals surface area contributed by atoms with Crippen LogP contribution in [-0.2, 0) is 63.8 Å². The number of ether oxygens (including phenoxy) is 4. The summed E-state index contributed by atoms with van der Waals surface area (Å²) in [4.78, 5) is 125. The number of Topliss-reactive ketones (excluding diaryl/α,β-unsaturated/α-hetero) is 1. The molecule has 1 aromatic carbocycles. The zero-order chi connectivity index (χ0) is 56.9. The lowest BCUT2D eigenvalue weighted by molar-refractivity contribution is -0.158. The highest BCUT2D eigenvalue weighted by molar-refractivity contribution is 5.96. The van der Waals surface area contributed by atoms with Gasteiger partial charge in [-0.25, -0.2) is 9.59 Å². The van der Waals surface area contributed by atoms with E-state index < -0.39 is 125 Å². The van der Waals surface area contributed by atoms with Crippen LogP contribution in [-0.4, -0.2) is 145 Å². The molecule has 0 spiro atoms. The molecule has 1 aromatic rings. The lowest BCUT2D eigenvalue weighted by atomic mass is 9.91. The summed E-state index contributed by atoms with van der Waals surface area (Å²) < 4.78 is 22.9. The van der Waals surface area contributed by atoms with Gasteiger partial charge in [0.1, 0.15) is 53.4 Å². The second-order valence-corrected chi connectivity index (χ2v) is 21.5. The number of benzene rings is 1. The average molecular weight is 1080 g/mol. The number of nitrogens with zero attached hydrogens (tertiary/aromatic N) is 1. The van der Waals surface area contributed by atoms with Crippen molar-refractivity contribution in [1.82, 2.24) is 31.5 Å². The van der Waals surface area contributed by atoms with Gasteiger partial charge in [-0.3, -0.25) is 33.6 Å². The van der Waals surface area contributed by atoms with Crippen molar-refractivity contribution >= 4 is 53.2 Å². The number of aliphatic carboxylic acids is 1. The van der Waals surface area contributed by atoms with Crippen molar-refractivity contribution in [2.24, 2.45) is 35.3 Å². The van der Waals surface area contributed by atoms with E-state index in [1.165, 1.54) is 25.9 Å². The molecule has 1 saturated heterocycles. The summed E-state index contributed by atoms with van der Waals surface area (Å²) in [5.74, 6) is -8.94. The predicted octanol–water partition coefficient (Wildman–Crippen LogP) is 4.20. The smallest absolute Gasteiger partial charge is 0.329 e. The predicted molar refractivity (Wildman–Crippen MR) is 287 cm³/mol. The summed E-state index contributed by atoms with van der Waals surface area (Å²) in [5.41, 5.74) is 6.42. The van der Waals surface area contributed by atoms with Gasteiger partial charge in [-0.15, -0.1) is 0 Å². The Balaban J connectivity index is 0.0000289. The Bertz CT molecular complexity index is 2060. The van der Waals surface area contributed by atoms with Gasteiger partial charge in [0.15, 0.2) is 6.29 Å². The largest absolute Gasteiger partial charge is 0.488 e. The number of nitrogens with one attached hydrogen (secondary N) is 5. The van der Waals surface area contributed by atoms with E-state index in [-0.39, 0.29) is 57.7 Å². The van der Waals surface area contributed by atoms with Crippen molar-refractivity contribution in [3.05, 3.63) is 29.8 Å². The Morgan fingerprint density at radius 3 is 1.84 bits per heavy atom. The first-order valence-corrected chi connectivity index (χ1v) is 26.4. The maximum absolute atomic E-state index is 14.9. The molecule has 0 aromatic heterocycles. The van der Waals surface area contributed by atoms with Crippen molar-refractivity contribution in [3.8, 4) is 5.75 Å². The second-order valence-electron chi connectivity index (χ2n) is 21.5. The third-order valence-electron chi connectivity index (χ3n) is 13.3. The van der Waals surface area contributed by atoms with Crippen LogP contribution in [0.15, 0.2) is 24.3 Å². The van der Waals surface area contributed by atoms with Crippen LogP contribution in [0, 0.1) is 29.6 Å². The number of ketones is 1. The number of carboxylic acid groups (broad SMARTS) is 1. The second kappa shape index (κ2) is 32.8. The number of esters is 1. The Kier molecular flexibility index (Phi) is 29.5. The molecule has 6 amide bonds. The van der Waals surface area contributed by atoms with Crippen LogP contribution >= 0.6 is 0 Å². The van der Waals surface area contributed by atoms with Gasteiger partial charge in [0, 0.05) is 51.6 Å². The van der Waals surface area contributed by atoms with Gasteiger partial charge in [-0.1, -0.05) is 87.8 Å². The zero-order valence-corrected chi connectivity index (χ0v) is 46.9. The Morgan fingerprint density at radius 1 is 0.776 bits per heavy atom. The summed E-state index contributed by atoms with van der Waals surface area (Å²) >= 11 is 0. The Labute approximate surface area is 451 Å². The van der Waals surface area contributed by atoms with Gasteiger partial charge in [-0.05, 0) is 82.4 Å². The number of carbonyl (C=O) groups excluding carboxylic acids is 8. The first kappa shape index (κ1) is 68.3. The Hall–Kier alpha value is -5.67. The first-order chi connectivity index (χ1) is 35.0. The molecular formula is C55H93N7O14. The lowest BCUT2D eigenvalue weighted by Gasteiger charge is -2.35. The first-order valence-electron chi connectivity index (χ1n) is 26.4. The molecule has 21 nitrogen and oxygen atoms in total. The van der Waals surface area contributed by atoms with E-state index in [4.69, 9.17) is 24.7 Å². The van der Waals surface area contributed by atoms with Crippen molar-refractivity contribution in [3.63, 3.8) is 0 Å². The molecular weight excluding hydrogens is 983 g/mol. The number of likely N-dealkylation sites (N-methyl/N-ethyl adjacent to an activating group) is 1. The molecule has 0 unspecified atom stereocenters. The van der Waals surface area contributed by atoms with Crippen LogP contribution < -0.4 is 37.1 Å². The molecule has 2 rings (SSSR count). The fourth-order valence-corrected chi connectivity index (χ4v) is 8.11. The van der Waals surface area contributed by atoms with E-state index in [9.17, 15) is 48.3 Å². The molecule has 76 heavy (non-hydrogen) atoms. The number of amides is 6. The van der Waals surface area contributed by atoms with Crippen molar-refractivity contribution in [2.45, 2.75) is 203 Å². The summed E-state index contributed by atoms with van der Waals surface area (Å²) in [7, 11) is 2.86. The standard InChI is InChI=1S/C54H89N7O14.CH4/c1-15-32(7)44(58-48(65)38(55)22-24-43-72-25-26-73-43)51(68)61(14)40(28-35-17-20-37(21-18-35)75-54(10,11)12)49(66)59-45(33(8)16-2)53(71)74-34(9)46(50(67)57-39(52(69)70)27-30(3)4)60-47(64)36(19-23-42(63)56-13)29-41(62)31(5)6;/h17-18,20-21,30-34,36,38-40,43-46H,15-16,19,22-29,55H2,1-14H3,(H,56,63)(H,57,67)(H,58,65)(H,59,66)(H,60,64)(H,69,70);1H4/t32-,33-,34+,36+,38-,39-,40-,44-,45-,46-;/m0./s1. The number of hydrogen-bond donors (Lipinski definition) is 7. The van der Waals surface area contributed by atoms with E-state index >= 15 is 0 Å². The molecule has 21 heteroatoms. The monoisotopic (exact) mass is 1080 g/mol. The molecule has 10 atom stereocenters. The lowest BCUT2D eigenvalue weighted by Crippen LogP contribution is -2.60. The quantitative estimate of drug-likeness (QED) is 0.0498. The van der Waals surface area contributed by atoms with Gasteiger partial charge < -0.3 is 61.3 Å². The number of carboxylic acids is 1. The van der Waals surface area contributed by atoms with Crippen molar-refractivity contribution in [2.75, 3.05) is 27.3 Å². The highest BCUT2D eigenvalue weighted by atomic mass is 16.7. The maximum Gasteiger partial charge on any atom is 0.329 e. The minimum absolute atomic E-state index is 0. The van der Waals surface area contributed by atoms with Crippen LogP contribution in [0.2, 0.25) is 0 Å². The highest BCUT2D eigenvalue weighted by Crippen LogP contribution is 2.23. The number of hydrogen-bond acceptors (Lipinski definition) is 14. The van der Waals surface area contributed by atoms with Gasteiger partial charge in [0.2, 0.25) is 35.4 Å². The molecule has 1 fully saturated rings. The van der Waals surface area contributed by atoms with Crippen molar-refractivity contribution < 1.29 is 67.2 Å². The Morgan fingerprint density at radius 2 is 1.33 bits per heavy atom. The number of nitrogens with two attached hydrogens (primary N) is 1. The van der Waals surface area contributed by atoms with Gasteiger partial charge in [0.25, 0.3) is 0 Å². The third kappa shape index (κ3) is 22.9. The van der Waals surface area contributed by atoms with Gasteiger partial charge in [-0.2, -0.15) is 0 Å². The molecule has 0 saturated carbocycles. The fourth-order valence-electron chi connectivity index (χ4n) is 8.11. The molecule has 432 valence electrons. The van der Waals surface area contributed by atoms with E-state index in [0.29, 0.717) is 43.8 Å². The SMILES string of the molecule is C.CC[C@H](C)[C@H](NC(=O)[C@H](Cc1ccc(OC(C)(C)C)cc1)N(C)C(=O)[C@@H](NC(=O)[C@@H](N)CCC1OCCO1)[C@@H](C)CC)C(=O)O[C@H](C)[C@H](NC(=O)[C@H](CCC(=O)NC)CC(=O)C(C)C)C(=O)N[C@@H](CC(C)C)C(=O)O. The summed E-state index contributed by atoms with van der Waals surface area (Å²) in [6, 6.07) is -0.921. The normalized spacial score (nSPS) is 16.7.